The monoisotopic (exact) mass is 246 g/mol. The molecule has 0 amide bonds. The Morgan fingerprint density at radius 1 is 1.00 bits per heavy atom. The van der Waals surface area contributed by atoms with Crippen molar-refractivity contribution in [2.75, 3.05) is 0 Å². The average molecular weight is 246 g/mol. The van der Waals surface area contributed by atoms with Gasteiger partial charge >= 0.3 is 0 Å². The summed E-state index contributed by atoms with van der Waals surface area (Å²) in [6, 6.07) is 20.6. The molecular formula is C17H14N2. The highest BCUT2D eigenvalue weighted by atomic mass is 14.9. The molecule has 0 aliphatic carbocycles. The summed E-state index contributed by atoms with van der Waals surface area (Å²) in [5, 5.41) is 10.0. The van der Waals surface area contributed by atoms with Gasteiger partial charge in [-0.05, 0) is 36.2 Å². The molecule has 92 valence electrons. The van der Waals surface area contributed by atoms with Crippen LogP contribution < -0.4 is 0 Å². The van der Waals surface area contributed by atoms with Gasteiger partial charge in [-0.15, -0.1) is 0 Å². The van der Waals surface area contributed by atoms with Gasteiger partial charge in [0.1, 0.15) is 0 Å². The van der Waals surface area contributed by atoms with Gasteiger partial charge in [-0.1, -0.05) is 30.3 Å². The number of rotatable bonds is 3. The summed E-state index contributed by atoms with van der Waals surface area (Å²) in [5.74, 6) is 0. The van der Waals surface area contributed by atoms with E-state index in [0.717, 1.165) is 18.4 Å². The zero-order chi connectivity index (χ0) is 13.1. The largest absolute Gasteiger partial charge is 0.347 e. The first-order valence-corrected chi connectivity index (χ1v) is 6.40. The lowest BCUT2D eigenvalue weighted by atomic mass is 10.1. The number of benzene rings is 2. The van der Waals surface area contributed by atoms with Crippen LogP contribution >= 0.6 is 0 Å². The van der Waals surface area contributed by atoms with Crippen molar-refractivity contribution in [2.24, 2.45) is 0 Å². The van der Waals surface area contributed by atoms with Crippen LogP contribution in [0.15, 0.2) is 60.8 Å². The molecule has 0 saturated carbocycles. The standard InChI is InChI=1S/C17H14N2/c18-13-15-6-7-17-16(12-15)9-11-19(17)10-8-14-4-2-1-3-5-14/h1-7,9,11-12H,8,10H2. The van der Waals surface area contributed by atoms with Crippen molar-refractivity contribution in [3.63, 3.8) is 0 Å². The van der Waals surface area contributed by atoms with E-state index < -0.39 is 0 Å². The number of nitrogens with zero attached hydrogens (tertiary/aromatic N) is 2. The van der Waals surface area contributed by atoms with Crippen LogP contribution in [-0.2, 0) is 13.0 Å². The quantitative estimate of drug-likeness (QED) is 0.691. The minimum absolute atomic E-state index is 0.716. The second-order valence-corrected chi connectivity index (χ2v) is 4.63. The van der Waals surface area contributed by atoms with E-state index in [1.54, 1.807) is 0 Å². The number of fused-ring (bicyclic) bond motifs is 1. The molecule has 19 heavy (non-hydrogen) atoms. The van der Waals surface area contributed by atoms with E-state index in [0.29, 0.717) is 5.56 Å². The third kappa shape index (κ3) is 2.36. The van der Waals surface area contributed by atoms with Crippen molar-refractivity contribution in [2.45, 2.75) is 13.0 Å². The third-order valence-corrected chi connectivity index (χ3v) is 3.38. The van der Waals surface area contributed by atoms with Gasteiger partial charge in [0.25, 0.3) is 0 Å². The predicted octanol–water partition coefficient (Wildman–Crippen LogP) is 3.76. The number of aromatic nitrogens is 1. The zero-order valence-electron chi connectivity index (χ0n) is 10.6. The van der Waals surface area contributed by atoms with Crippen molar-refractivity contribution in [1.29, 1.82) is 5.26 Å². The molecule has 2 heteroatoms. The van der Waals surface area contributed by atoms with Crippen LogP contribution in [0.4, 0.5) is 0 Å². The molecule has 0 fully saturated rings. The summed E-state index contributed by atoms with van der Waals surface area (Å²) in [4.78, 5) is 0. The minimum atomic E-state index is 0.716. The van der Waals surface area contributed by atoms with E-state index in [2.05, 4.69) is 47.2 Å². The van der Waals surface area contributed by atoms with Crippen molar-refractivity contribution >= 4 is 10.9 Å². The molecule has 0 saturated heterocycles. The number of hydrogen-bond donors (Lipinski definition) is 0. The summed E-state index contributed by atoms with van der Waals surface area (Å²) < 4.78 is 2.24. The second kappa shape index (κ2) is 4.99. The van der Waals surface area contributed by atoms with Crippen LogP contribution in [0.5, 0.6) is 0 Å². The first-order valence-electron chi connectivity index (χ1n) is 6.40. The van der Waals surface area contributed by atoms with Crippen LogP contribution in [-0.4, -0.2) is 4.57 Å². The molecule has 2 aromatic carbocycles. The van der Waals surface area contributed by atoms with Crippen molar-refractivity contribution in [3.05, 3.63) is 71.9 Å². The Morgan fingerprint density at radius 3 is 2.63 bits per heavy atom. The Hall–Kier alpha value is -2.53. The van der Waals surface area contributed by atoms with Crippen LogP contribution in [0, 0.1) is 11.3 Å². The maximum absolute atomic E-state index is 8.90. The highest BCUT2D eigenvalue weighted by Gasteiger charge is 2.02. The molecule has 1 heterocycles. The van der Waals surface area contributed by atoms with Crippen LogP contribution in [0.1, 0.15) is 11.1 Å². The summed E-state index contributed by atoms with van der Waals surface area (Å²) >= 11 is 0. The zero-order valence-corrected chi connectivity index (χ0v) is 10.6. The molecule has 3 aromatic rings. The molecule has 0 radical (unpaired) electrons. The van der Waals surface area contributed by atoms with E-state index in [-0.39, 0.29) is 0 Å². The first-order chi connectivity index (χ1) is 9.36. The summed E-state index contributed by atoms with van der Waals surface area (Å²) in [6.45, 7) is 0.958. The Labute approximate surface area is 112 Å². The molecule has 0 bridgehead atoms. The molecule has 0 spiro atoms. The molecule has 1 aromatic heterocycles. The number of hydrogen-bond acceptors (Lipinski definition) is 1. The highest BCUT2D eigenvalue weighted by Crippen LogP contribution is 2.18. The maximum Gasteiger partial charge on any atom is 0.0991 e. The molecule has 0 atom stereocenters. The third-order valence-electron chi connectivity index (χ3n) is 3.38. The van der Waals surface area contributed by atoms with Gasteiger partial charge in [-0.3, -0.25) is 0 Å². The van der Waals surface area contributed by atoms with E-state index >= 15 is 0 Å². The van der Waals surface area contributed by atoms with Crippen molar-refractivity contribution in [1.82, 2.24) is 4.57 Å². The van der Waals surface area contributed by atoms with Gasteiger partial charge in [0.15, 0.2) is 0 Å². The fourth-order valence-electron chi connectivity index (χ4n) is 2.36. The summed E-state index contributed by atoms with van der Waals surface area (Å²) in [7, 11) is 0. The summed E-state index contributed by atoms with van der Waals surface area (Å²) in [5.41, 5.74) is 3.25. The maximum atomic E-state index is 8.90. The Kier molecular flexibility index (Phi) is 3.04. The normalized spacial score (nSPS) is 10.5. The molecule has 0 unspecified atom stereocenters. The van der Waals surface area contributed by atoms with Gasteiger partial charge in [-0.2, -0.15) is 5.26 Å². The number of nitriles is 1. The fourth-order valence-corrected chi connectivity index (χ4v) is 2.36. The molecule has 0 aliphatic heterocycles. The minimum Gasteiger partial charge on any atom is -0.347 e. The lowest BCUT2D eigenvalue weighted by Crippen LogP contribution is -1.99. The molecular weight excluding hydrogens is 232 g/mol. The molecule has 0 aliphatic rings. The topological polar surface area (TPSA) is 28.7 Å². The Morgan fingerprint density at radius 2 is 1.84 bits per heavy atom. The second-order valence-electron chi connectivity index (χ2n) is 4.63. The van der Waals surface area contributed by atoms with Crippen LogP contribution in [0.2, 0.25) is 0 Å². The van der Waals surface area contributed by atoms with E-state index in [1.165, 1.54) is 11.1 Å². The highest BCUT2D eigenvalue weighted by molar-refractivity contribution is 5.81. The van der Waals surface area contributed by atoms with E-state index in [4.69, 9.17) is 5.26 Å². The molecule has 0 N–H and O–H groups in total. The Bertz CT molecular complexity index is 733. The lowest BCUT2D eigenvalue weighted by Gasteiger charge is -2.05. The van der Waals surface area contributed by atoms with Gasteiger partial charge < -0.3 is 4.57 Å². The van der Waals surface area contributed by atoms with Gasteiger partial charge in [0.2, 0.25) is 0 Å². The van der Waals surface area contributed by atoms with Crippen molar-refractivity contribution < 1.29 is 0 Å². The number of aryl methyl sites for hydroxylation is 2. The van der Waals surface area contributed by atoms with Crippen LogP contribution in [0.25, 0.3) is 10.9 Å². The SMILES string of the molecule is N#Cc1ccc2c(ccn2CCc2ccccc2)c1. The Balaban J connectivity index is 1.84. The first kappa shape index (κ1) is 11.6. The lowest BCUT2D eigenvalue weighted by molar-refractivity contribution is 0.723. The molecule has 2 nitrogen and oxygen atoms in total. The average Bonchev–Trinajstić information content (AvgIpc) is 2.88. The smallest absolute Gasteiger partial charge is 0.0991 e. The molecule has 3 rings (SSSR count). The van der Waals surface area contributed by atoms with Gasteiger partial charge in [0, 0.05) is 23.6 Å². The summed E-state index contributed by atoms with van der Waals surface area (Å²) in [6.07, 6.45) is 3.11. The van der Waals surface area contributed by atoms with E-state index in [1.807, 2.05) is 24.3 Å². The van der Waals surface area contributed by atoms with E-state index in [9.17, 15) is 0 Å². The van der Waals surface area contributed by atoms with Crippen molar-refractivity contribution in [3.8, 4) is 6.07 Å². The van der Waals surface area contributed by atoms with Crippen LogP contribution in [0.3, 0.4) is 0 Å². The fraction of sp³-hybridized carbons (Fsp3) is 0.118. The van der Waals surface area contributed by atoms with Gasteiger partial charge in [0.05, 0.1) is 11.6 Å². The predicted molar refractivity (Wildman–Crippen MR) is 76.8 cm³/mol. The van der Waals surface area contributed by atoms with Gasteiger partial charge in [-0.25, -0.2) is 0 Å².